The van der Waals surface area contributed by atoms with E-state index >= 15 is 0 Å². The molecule has 0 radical (unpaired) electrons. The summed E-state index contributed by atoms with van der Waals surface area (Å²) in [6.07, 6.45) is 1.43. The Morgan fingerprint density at radius 3 is 0.643 bits per heavy atom. The predicted octanol–water partition coefficient (Wildman–Crippen LogP) is -1.77. The van der Waals surface area contributed by atoms with Gasteiger partial charge in [0, 0.05) is 14.2 Å². The van der Waals surface area contributed by atoms with Gasteiger partial charge in [-0.05, 0) is 0 Å². The molecule has 0 rings (SSSR count). The number of aliphatic hydroxyl groups is 2. The number of hydrogen-bond donors (Lipinski definition) is 4. The van der Waals surface area contributed by atoms with Crippen LogP contribution in [-0.4, -0.2) is 62.9 Å². The lowest BCUT2D eigenvalue weighted by atomic mass is 11.8. The molecule has 0 heterocycles. The Labute approximate surface area is 83.7 Å². The van der Waals surface area contributed by atoms with Crippen molar-refractivity contribution in [2.75, 3.05) is 26.7 Å². The van der Waals surface area contributed by atoms with Gasteiger partial charge in [-0.15, -0.1) is 0 Å². The predicted molar refractivity (Wildman–Crippen MR) is 51.2 cm³/mol. The summed E-state index contributed by atoms with van der Waals surface area (Å²) in [5.74, 6) is 0. The molecule has 10 heteroatoms. The Bertz CT molecular complexity index is 216. The van der Waals surface area contributed by atoms with Crippen LogP contribution in [0.25, 0.3) is 0 Å². The highest BCUT2D eigenvalue weighted by Gasteiger charge is 1.81. The summed E-state index contributed by atoms with van der Waals surface area (Å²) in [6.45, 7) is 0. The van der Waals surface area contributed by atoms with E-state index in [1.807, 2.05) is 0 Å². The van der Waals surface area contributed by atoms with E-state index < -0.39 is 20.2 Å². The Morgan fingerprint density at radius 2 is 0.643 bits per heavy atom. The standard InChI is InChI=1S/2CH4O3S.2CH4O/c2*1-5(2,3)4;2*1-2/h2*1H3,(H,2,3,4);2*2H,1H3. The SMILES string of the molecule is CO.CO.CS(=O)(=O)O.CS(=O)(=O)O. The van der Waals surface area contributed by atoms with Gasteiger partial charge >= 0.3 is 0 Å². The van der Waals surface area contributed by atoms with Crippen molar-refractivity contribution < 1.29 is 36.2 Å². The van der Waals surface area contributed by atoms with Gasteiger partial charge in [-0.2, -0.15) is 16.8 Å². The molecule has 92 valence electrons. The minimum Gasteiger partial charge on any atom is -0.400 e. The maximum absolute atomic E-state index is 9.19. The minimum absolute atomic E-state index is 0.715. The summed E-state index contributed by atoms with van der Waals surface area (Å²) in [4.78, 5) is 0. The van der Waals surface area contributed by atoms with Crippen LogP contribution in [0.15, 0.2) is 0 Å². The molecule has 0 fully saturated rings. The van der Waals surface area contributed by atoms with Gasteiger partial charge in [0.1, 0.15) is 0 Å². The monoisotopic (exact) mass is 256 g/mol. The molecule has 0 unspecified atom stereocenters. The van der Waals surface area contributed by atoms with E-state index in [-0.39, 0.29) is 0 Å². The van der Waals surface area contributed by atoms with E-state index in [1.165, 1.54) is 0 Å². The molecule has 0 aromatic rings. The van der Waals surface area contributed by atoms with Crippen LogP contribution in [0.1, 0.15) is 0 Å². The maximum Gasteiger partial charge on any atom is 0.261 e. The second kappa shape index (κ2) is 12.7. The van der Waals surface area contributed by atoms with Gasteiger partial charge in [0.2, 0.25) is 0 Å². The zero-order valence-corrected chi connectivity index (χ0v) is 9.87. The molecule has 8 nitrogen and oxygen atoms in total. The van der Waals surface area contributed by atoms with Crippen molar-refractivity contribution in [1.29, 1.82) is 0 Å². The quantitative estimate of drug-likeness (QED) is 0.372. The van der Waals surface area contributed by atoms with Crippen LogP contribution in [-0.2, 0) is 20.2 Å². The Morgan fingerprint density at radius 1 is 0.643 bits per heavy atom. The molecule has 0 spiro atoms. The molecule has 4 N–H and O–H groups in total. The minimum atomic E-state index is -3.67. The van der Waals surface area contributed by atoms with E-state index in [9.17, 15) is 16.8 Å². The summed E-state index contributed by atoms with van der Waals surface area (Å²) in [5, 5.41) is 14.0. The highest BCUT2D eigenvalue weighted by molar-refractivity contribution is 7.85. The lowest BCUT2D eigenvalue weighted by Gasteiger charge is -1.69. The first-order valence-corrected chi connectivity index (χ1v) is 6.44. The molecule has 0 aliphatic rings. The fraction of sp³-hybridized carbons (Fsp3) is 1.00. The average Bonchev–Trinajstić information content (AvgIpc) is 1.88. The van der Waals surface area contributed by atoms with Crippen molar-refractivity contribution in [1.82, 2.24) is 0 Å². The summed E-state index contributed by atoms with van der Waals surface area (Å²) in [7, 11) is -5.33. The van der Waals surface area contributed by atoms with Crippen molar-refractivity contribution in [2.45, 2.75) is 0 Å². The van der Waals surface area contributed by atoms with E-state index in [0.29, 0.717) is 12.5 Å². The summed E-state index contributed by atoms with van der Waals surface area (Å²) >= 11 is 0. The highest BCUT2D eigenvalue weighted by Crippen LogP contribution is 1.60. The molecule has 0 aliphatic heterocycles. The largest absolute Gasteiger partial charge is 0.400 e. The van der Waals surface area contributed by atoms with Crippen molar-refractivity contribution in [3.05, 3.63) is 0 Å². The Balaban J connectivity index is -0.0000000528. The van der Waals surface area contributed by atoms with Gasteiger partial charge in [0.15, 0.2) is 0 Å². The lowest BCUT2D eigenvalue weighted by molar-refractivity contribution is 0.399. The van der Waals surface area contributed by atoms with Gasteiger partial charge in [-0.1, -0.05) is 0 Å². The normalized spacial score (nSPS) is 9.14. The van der Waals surface area contributed by atoms with Crippen molar-refractivity contribution >= 4 is 20.2 Å². The van der Waals surface area contributed by atoms with Crippen molar-refractivity contribution in [2.24, 2.45) is 0 Å². The fourth-order valence-corrected chi connectivity index (χ4v) is 0. The first kappa shape index (κ1) is 23.5. The summed E-state index contributed by atoms with van der Waals surface area (Å²) in [6, 6.07) is 0. The van der Waals surface area contributed by atoms with Gasteiger partial charge in [0.25, 0.3) is 20.2 Å². The van der Waals surface area contributed by atoms with E-state index in [4.69, 9.17) is 19.3 Å². The average molecular weight is 256 g/mol. The van der Waals surface area contributed by atoms with Crippen molar-refractivity contribution in [3.63, 3.8) is 0 Å². The van der Waals surface area contributed by atoms with Gasteiger partial charge in [-0.25, -0.2) is 0 Å². The van der Waals surface area contributed by atoms with Crippen LogP contribution < -0.4 is 0 Å². The maximum atomic E-state index is 9.19. The third-order valence-electron chi connectivity index (χ3n) is 0. The number of hydrogen-bond acceptors (Lipinski definition) is 6. The number of aliphatic hydroxyl groups excluding tert-OH is 2. The Hall–Kier alpha value is -0.260. The van der Waals surface area contributed by atoms with Gasteiger partial charge < -0.3 is 10.2 Å². The summed E-state index contributed by atoms with van der Waals surface area (Å²) in [5.41, 5.74) is 0. The molecule has 0 atom stereocenters. The van der Waals surface area contributed by atoms with Crippen LogP contribution in [0.3, 0.4) is 0 Å². The smallest absolute Gasteiger partial charge is 0.261 e. The van der Waals surface area contributed by atoms with Crippen LogP contribution in [0.4, 0.5) is 0 Å². The second-order valence-corrected chi connectivity index (χ2v) is 4.40. The molecule has 0 aliphatic carbocycles. The Kier molecular flexibility index (Phi) is 21.4. The lowest BCUT2D eigenvalue weighted by Crippen LogP contribution is -1.88. The zero-order valence-electron chi connectivity index (χ0n) is 8.24. The summed E-state index contributed by atoms with van der Waals surface area (Å²) < 4.78 is 51.7. The third kappa shape index (κ3) is 20000. The zero-order chi connectivity index (χ0) is 13.0. The van der Waals surface area contributed by atoms with E-state index in [0.717, 1.165) is 14.2 Å². The molecule has 0 amide bonds. The third-order valence-corrected chi connectivity index (χ3v) is 0. The topological polar surface area (TPSA) is 149 Å². The fourth-order valence-electron chi connectivity index (χ4n) is 0. The highest BCUT2D eigenvalue weighted by atomic mass is 32.2. The molecular weight excluding hydrogens is 240 g/mol. The van der Waals surface area contributed by atoms with Crippen LogP contribution in [0, 0.1) is 0 Å². The van der Waals surface area contributed by atoms with E-state index in [2.05, 4.69) is 0 Å². The first-order valence-electron chi connectivity index (χ1n) is 2.74. The van der Waals surface area contributed by atoms with Crippen LogP contribution >= 0.6 is 0 Å². The molecule has 14 heavy (non-hydrogen) atoms. The van der Waals surface area contributed by atoms with E-state index in [1.54, 1.807) is 0 Å². The van der Waals surface area contributed by atoms with Gasteiger partial charge in [0.05, 0.1) is 12.5 Å². The molecule has 0 saturated carbocycles. The second-order valence-electron chi connectivity index (χ2n) is 1.47. The van der Waals surface area contributed by atoms with Gasteiger partial charge in [-0.3, -0.25) is 9.11 Å². The van der Waals surface area contributed by atoms with Crippen LogP contribution in [0.2, 0.25) is 0 Å². The molecule has 0 saturated heterocycles. The number of rotatable bonds is 0. The first-order chi connectivity index (χ1) is 6.00. The van der Waals surface area contributed by atoms with Crippen molar-refractivity contribution in [3.8, 4) is 0 Å². The molecule has 0 aromatic heterocycles. The van der Waals surface area contributed by atoms with Crippen LogP contribution in [0.5, 0.6) is 0 Å². The molecule has 0 bridgehead atoms. The molecular formula is C4H16O8S2. The molecule has 0 aromatic carbocycles.